The summed E-state index contributed by atoms with van der Waals surface area (Å²) >= 11 is 5.30. The number of alkyl halides is 3. The van der Waals surface area contributed by atoms with Gasteiger partial charge in [0.25, 0.3) is 6.43 Å². The molecule has 0 atom stereocenters. The van der Waals surface area contributed by atoms with Gasteiger partial charge in [-0.05, 0) is 6.07 Å². The van der Waals surface area contributed by atoms with Crippen molar-refractivity contribution in [3.05, 3.63) is 29.3 Å². The summed E-state index contributed by atoms with van der Waals surface area (Å²) in [6.45, 7) is 0. The summed E-state index contributed by atoms with van der Waals surface area (Å²) in [4.78, 5) is 3.20. The second kappa shape index (κ2) is 3.76. The second-order valence-corrected chi connectivity index (χ2v) is 2.40. The Morgan fingerprint density at radius 2 is 2.17 bits per heavy atom. The average molecular weight is 196 g/mol. The molecule has 0 aromatic carbocycles. The van der Waals surface area contributed by atoms with E-state index in [1.165, 1.54) is 0 Å². The molecule has 0 unspecified atom stereocenters. The zero-order chi connectivity index (χ0) is 9.14. The maximum absolute atomic E-state index is 12.6. The molecule has 0 amide bonds. The molecule has 0 aliphatic carbocycles. The van der Waals surface area contributed by atoms with E-state index in [1.54, 1.807) is 0 Å². The lowest BCUT2D eigenvalue weighted by molar-refractivity contribution is 0.146. The molecular formula is C7H5ClF3N. The molecule has 0 bridgehead atoms. The number of nitrogens with zero attached hydrogens (tertiary/aromatic N) is 1. The van der Waals surface area contributed by atoms with Crippen LogP contribution < -0.4 is 0 Å². The average Bonchev–Trinajstić information content (AvgIpc) is 2.05. The van der Waals surface area contributed by atoms with Crippen molar-refractivity contribution < 1.29 is 13.2 Å². The summed E-state index contributed by atoms with van der Waals surface area (Å²) in [5.74, 6) is -0.789. The normalized spacial score (nSPS) is 10.8. The monoisotopic (exact) mass is 195 g/mol. The standard InChI is InChI=1S/C7H5ClF3N/c8-2-4-1-6(7(10)11)12-3-5(4)9/h1,3,7H,2H2. The van der Waals surface area contributed by atoms with Crippen molar-refractivity contribution in [2.45, 2.75) is 12.3 Å². The van der Waals surface area contributed by atoms with Crippen LogP contribution in [-0.4, -0.2) is 4.98 Å². The van der Waals surface area contributed by atoms with Crippen molar-refractivity contribution in [3.63, 3.8) is 0 Å². The molecule has 1 heterocycles. The van der Waals surface area contributed by atoms with E-state index in [9.17, 15) is 13.2 Å². The van der Waals surface area contributed by atoms with Crippen LogP contribution in [0.15, 0.2) is 12.3 Å². The van der Waals surface area contributed by atoms with Gasteiger partial charge >= 0.3 is 0 Å². The number of pyridine rings is 1. The van der Waals surface area contributed by atoms with E-state index < -0.39 is 17.9 Å². The van der Waals surface area contributed by atoms with Crippen LogP contribution in [0.4, 0.5) is 13.2 Å². The molecule has 0 fully saturated rings. The molecule has 0 saturated carbocycles. The Balaban J connectivity index is 3.05. The van der Waals surface area contributed by atoms with Crippen molar-refractivity contribution in [1.29, 1.82) is 0 Å². The van der Waals surface area contributed by atoms with Gasteiger partial charge in [-0.3, -0.25) is 4.98 Å². The predicted octanol–water partition coefficient (Wildman–Crippen LogP) is 2.90. The Bertz CT molecular complexity index is 277. The third-order valence-electron chi connectivity index (χ3n) is 1.32. The summed E-state index contributed by atoms with van der Waals surface area (Å²) in [5, 5.41) is 0. The van der Waals surface area contributed by atoms with Crippen LogP contribution in [0.1, 0.15) is 17.7 Å². The van der Waals surface area contributed by atoms with Gasteiger partial charge in [-0.25, -0.2) is 13.2 Å². The van der Waals surface area contributed by atoms with Gasteiger partial charge in [-0.1, -0.05) is 0 Å². The van der Waals surface area contributed by atoms with E-state index in [0.717, 1.165) is 12.3 Å². The van der Waals surface area contributed by atoms with Gasteiger partial charge in [-0.15, -0.1) is 11.6 Å². The molecule has 12 heavy (non-hydrogen) atoms. The summed E-state index contributed by atoms with van der Waals surface area (Å²) in [7, 11) is 0. The lowest BCUT2D eigenvalue weighted by Gasteiger charge is -2.01. The van der Waals surface area contributed by atoms with Crippen LogP contribution in [0, 0.1) is 5.82 Å². The lowest BCUT2D eigenvalue weighted by atomic mass is 10.2. The molecule has 66 valence electrons. The predicted molar refractivity (Wildman–Crippen MR) is 38.7 cm³/mol. The van der Waals surface area contributed by atoms with Gasteiger partial charge in [0.15, 0.2) is 0 Å². The molecular weight excluding hydrogens is 191 g/mol. The third-order valence-corrected chi connectivity index (χ3v) is 1.61. The van der Waals surface area contributed by atoms with Gasteiger partial charge in [-0.2, -0.15) is 0 Å². The van der Waals surface area contributed by atoms with Gasteiger partial charge in [0.1, 0.15) is 11.5 Å². The van der Waals surface area contributed by atoms with Crippen LogP contribution in [0.3, 0.4) is 0 Å². The Kier molecular flexibility index (Phi) is 2.92. The summed E-state index contributed by atoms with van der Waals surface area (Å²) in [5.41, 5.74) is -0.408. The molecule has 1 aromatic rings. The van der Waals surface area contributed by atoms with Gasteiger partial charge in [0.2, 0.25) is 0 Å². The largest absolute Gasteiger partial charge is 0.280 e. The van der Waals surface area contributed by atoms with E-state index in [0.29, 0.717) is 0 Å². The van der Waals surface area contributed by atoms with E-state index in [1.807, 2.05) is 0 Å². The highest BCUT2D eigenvalue weighted by atomic mass is 35.5. The highest BCUT2D eigenvalue weighted by molar-refractivity contribution is 6.17. The minimum atomic E-state index is -2.69. The first kappa shape index (κ1) is 9.32. The summed E-state index contributed by atoms with van der Waals surface area (Å²) in [6, 6.07) is 0.965. The Hall–Kier alpha value is -0.770. The quantitative estimate of drug-likeness (QED) is 0.662. The van der Waals surface area contributed by atoms with Crippen molar-refractivity contribution in [1.82, 2.24) is 4.98 Å². The Morgan fingerprint density at radius 1 is 1.50 bits per heavy atom. The maximum Gasteiger partial charge on any atom is 0.280 e. The topological polar surface area (TPSA) is 12.9 Å². The molecule has 0 radical (unpaired) electrons. The van der Waals surface area contributed by atoms with E-state index in [2.05, 4.69) is 4.98 Å². The van der Waals surface area contributed by atoms with Gasteiger partial charge in [0, 0.05) is 5.56 Å². The molecule has 0 N–H and O–H groups in total. The summed E-state index contributed by atoms with van der Waals surface area (Å²) in [6.07, 6.45) is -1.94. The lowest BCUT2D eigenvalue weighted by Crippen LogP contribution is -1.95. The maximum atomic E-state index is 12.6. The Labute approximate surface area is 72.2 Å². The third kappa shape index (κ3) is 1.88. The van der Waals surface area contributed by atoms with Crippen molar-refractivity contribution in [2.75, 3.05) is 0 Å². The molecule has 1 rings (SSSR count). The first-order valence-corrected chi connectivity index (χ1v) is 3.67. The molecule has 1 nitrogen and oxygen atoms in total. The number of halogens is 4. The van der Waals surface area contributed by atoms with Crippen LogP contribution in [0.2, 0.25) is 0 Å². The summed E-state index contributed by atoms with van der Waals surface area (Å²) < 4.78 is 36.6. The first-order valence-electron chi connectivity index (χ1n) is 3.13. The zero-order valence-corrected chi connectivity index (χ0v) is 6.65. The number of hydrogen-bond acceptors (Lipinski definition) is 1. The molecule has 0 aliphatic heterocycles. The molecule has 0 aliphatic rings. The van der Waals surface area contributed by atoms with Crippen molar-refractivity contribution in [3.8, 4) is 0 Å². The van der Waals surface area contributed by atoms with Gasteiger partial charge < -0.3 is 0 Å². The fourth-order valence-electron chi connectivity index (χ4n) is 0.721. The number of rotatable bonds is 2. The molecule has 0 saturated heterocycles. The molecule has 5 heteroatoms. The van der Waals surface area contributed by atoms with Crippen molar-refractivity contribution >= 4 is 11.6 Å². The Morgan fingerprint density at radius 3 is 2.67 bits per heavy atom. The minimum absolute atomic E-state index is 0.0435. The highest BCUT2D eigenvalue weighted by Crippen LogP contribution is 2.19. The fourth-order valence-corrected chi connectivity index (χ4v) is 0.925. The minimum Gasteiger partial charge on any atom is -0.252 e. The molecule has 1 aromatic heterocycles. The zero-order valence-electron chi connectivity index (χ0n) is 5.90. The highest BCUT2D eigenvalue weighted by Gasteiger charge is 2.11. The van der Waals surface area contributed by atoms with Crippen LogP contribution in [0.5, 0.6) is 0 Å². The van der Waals surface area contributed by atoms with Crippen LogP contribution >= 0.6 is 11.6 Å². The van der Waals surface area contributed by atoms with Crippen LogP contribution in [0.25, 0.3) is 0 Å². The molecule has 0 spiro atoms. The second-order valence-electron chi connectivity index (χ2n) is 2.13. The first-order chi connectivity index (χ1) is 5.65. The number of hydrogen-bond donors (Lipinski definition) is 0. The van der Waals surface area contributed by atoms with E-state index >= 15 is 0 Å². The SMILES string of the molecule is Fc1cnc(C(F)F)cc1CCl. The van der Waals surface area contributed by atoms with Gasteiger partial charge in [0.05, 0.1) is 12.1 Å². The smallest absolute Gasteiger partial charge is 0.252 e. The fraction of sp³-hybridized carbons (Fsp3) is 0.286. The van der Waals surface area contributed by atoms with E-state index in [-0.39, 0.29) is 11.4 Å². The van der Waals surface area contributed by atoms with E-state index in [4.69, 9.17) is 11.6 Å². The number of aromatic nitrogens is 1. The van der Waals surface area contributed by atoms with Crippen molar-refractivity contribution in [2.24, 2.45) is 0 Å². The van der Waals surface area contributed by atoms with Crippen LogP contribution in [-0.2, 0) is 5.88 Å².